The monoisotopic (exact) mass is 505 g/mol. The van der Waals surface area contributed by atoms with Gasteiger partial charge in [0, 0.05) is 13.1 Å². The number of aromatic nitrogens is 4. The van der Waals surface area contributed by atoms with Crippen LogP contribution in [0.15, 0.2) is 41.6 Å². The molecular weight excluding hydrogens is 482 g/mol. The summed E-state index contributed by atoms with van der Waals surface area (Å²) in [4.78, 5) is 31.8. The van der Waals surface area contributed by atoms with Crippen LogP contribution in [0, 0.1) is 16.6 Å². The fraction of sp³-hybridized carbons (Fsp3) is 0.500. The number of likely N-dealkylation sites (tertiary alicyclic amines) is 1. The van der Waals surface area contributed by atoms with Crippen LogP contribution in [-0.2, 0) is 11.3 Å². The molecule has 0 radical (unpaired) electrons. The molecule has 4 aliphatic rings. The number of carbonyl (C=O) groups is 1. The zero-order valence-corrected chi connectivity index (χ0v) is 19.1. The van der Waals surface area contributed by atoms with Crippen molar-refractivity contribution < 1.29 is 27.5 Å². The highest BCUT2D eigenvalue weighted by molar-refractivity contribution is 5.86. The van der Waals surface area contributed by atoms with E-state index in [0.717, 1.165) is 0 Å². The van der Waals surface area contributed by atoms with E-state index in [4.69, 9.17) is 0 Å². The zero-order valence-electron chi connectivity index (χ0n) is 19.1. The molecule has 8 nitrogen and oxygen atoms in total. The third-order valence-corrected chi connectivity index (χ3v) is 8.16. The number of amides is 1. The predicted molar refractivity (Wildman–Crippen MR) is 119 cm³/mol. The summed E-state index contributed by atoms with van der Waals surface area (Å²) in [6.07, 6.45) is -1.62. The number of hydrogen-bond donors (Lipinski definition) is 1. The van der Waals surface area contributed by atoms with Gasteiger partial charge in [-0.05, 0) is 56.4 Å². The van der Waals surface area contributed by atoms with E-state index in [1.165, 1.54) is 46.0 Å². The number of aliphatic hydroxyl groups is 1. The first kappa shape index (κ1) is 23.1. The minimum Gasteiger partial charge on any atom is -0.388 e. The molecule has 190 valence electrons. The Hall–Kier alpha value is -3.28. The summed E-state index contributed by atoms with van der Waals surface area (Å²) >= 11 is 0. The third-order valence-electron chi connectivity index (χ3n) is 8.16. The molecule has 1 N–H and O–H groups in total. The van der Waals surface area contributed by atoms with Gasteiger partial charge in [-0.2, -0.15) is 18.3 Å². The van der Waals surface area contributed by atoms with Crippen molar-refractivity contribution in [3.63, 3.8) is 0 Å². The molecule has 36 heavy (non-hydrogen) atoms. The number of fused-ring (bicyclic) bond motifs is 1. The van der Waals surface area contributed by atoms with Gasteiger partial charge in [-0.1, -0.05) is 0 Å². The van der Waals surface area contributed by atoms with Crippen molar-refractivity contribution in [3.8, 4) is 5.69 Å². The van der Waals surface area contributed by atoms with Gasteiger partial charge in [0.1, 0.15) is 17.5 Å². The Kier molecular flexibility index (Phi) is 4.74. The van der Waals surface area contributed by atoms with E-state index in [1.807, 2.05) is 0 Å². The van der Waals surface area contributed by atoms with Crippen LogP contribution in [0.2, 0.25) is 0 Å². The number of carbonyl (C=O) groups excluding carboxylic acids is 1. The minimum atomic E-state index is -4.27. The summed E-state index contributed by atoms with van der Waals surface area (Å²) in [5.74, 6) is -0.662. The first-order chi connectivity index (χ1) is 16.9. The SMILES string of the molecule is O=C(N1CCC(O)(Cn2cnc3c(cnn3-c3ccc(F)cc3)c2=O)CC1)C12CC(C(F)(F)F)(C1)C2. The van der Waals surface area contributed by atoms with E-state index in [2.05, 4.69) is 10.1 Å². The Morgan fingerprint density at radius 1 is 1.08 bits per heavy atom. The molecule has 2 aromatic heterocycles. The lowest BCUT2D eigenvalue weighted by Gasteiger charge is -2.69. The minimum absolute atomic E-state index is 0.0408. The number of nitrogens with zero attached hydrogens (tertiary/aromatic N) is 5. The molecule has 1 amide bonds. The zero-order chi connectivity index (χ0) is 25.5. The van der Waals surface area contributed by atoms with Crippen LogP contribution in [0.25, 0.3) is 16.7 Å². The first-order valence-corrected chi connectivity index (χ1v) is 11.7. The number of halogens is 4. The third kappa shape index (κ3) is 3.30. The van der Waals surface area contributed by atoms with Gasteiger partial charge in [-0.25, -0.2) is 14.1 Å². The number of alkyl halides is 3. The van der Waals surface area contributed by atoms with Crippen LogP contribution in [0.1, 0.15) is 32.1 Å². The maximum atomic E-state index is 13.2. The van der Waals surface area contributed by atoms with Gasteiger partial charge in [-0.3, -0.25) is 14.2 Å². The highest BCUT2D eigenvalue weighted by Crippen LogP contribution is 2.78. The van der Waals surface area contributed by atoms with Gasteiger partial charge in [-0.15, -0.1) is 0 Å². The van der Waals surface area contributed by atoms with Gasteiger partial charge in [0.05, 0.1) is 34.9 Å². The van der Waals surface area contributed by atoms with Crippen LogP contribution in [0.4, 0.5) is 17.6 Å². The second-order valence-electron chi connectivity index (χ2n) is 10.6. The molecular formula is C24H23F4N5O3. The van der Waals surface area contributed by atoms with Crippen LogP contribution in [-0.4, -0.2) is 60.1 Å². The summed E-state index contributed by atoms with van der Waals surface area (Å²) < 4.78 is 55.4. The van der Waals surface area contributed by atoms with Crippen molar-refractivity contribution in [1.82, 2.24) is 24.2 Å². The van der Waals surface area contributed by atoms with Crippen LogP contribution in [0.3, 0.4) is 0 Å². The van der Waals surface area contributed by atoms with Crippen molar-refractivity contribution in [2.75, 3.05) is 13.1 Å². The smallest absolute Gasteiger partial charge is 0.388 e. The van der Waals surface area contributed by atoms with Crippen LogP contribution >= 0.6 is 0 Å². The van der Waals surface area contributed by atoms with E-state index in [9.17, 15) is 32.3 Å². The van der Waals surface area contributed by atoms with Crippen molar-refractivity contribution in [2.24, 2.45) is 10.8 Å². The molecule has 1 aliphatic heterocycles. The van der Waals surface area contributed by atoms with Crippen LogP contribution < -0.4 is 5.56 Å². The highest BCUT2D eigenvalue weighted by Gasteiger charge is 2.81. The number of hydrogen-bond acceptors (Lipinski definition) is 5. The Bertz CT molecular complexity index is 1400. The second kappa shape index (κ2) is 7.37. The normalized spacial score (nSPS) is 27.0. The summed E-state index contributed by atoms with van der Waals surface area (Å²) in [5, 5.41) is 15.6. The molecule has 1 aromatic carbocycles. The molecule has 0 spiro atoms. The predicted octanol–water partition coefficient (Wildman–Crippen LogP) is 2.81. The molecule has 3 aliphatic carbocycles. The van der Waals surface area contributed by atoms with E-state index in [1.54, 1.807) is 4.90 Å². The highest BCUT2D eigenvalue weighted by atomic mass is 19.4. The van der Waals surface area contributed by atoms with Gasteiger partial charge in [0.15, 0.2) is 5.65 Å². The Labute approximate surface area is 202 Å². The second-order valence-corrected chi connectivity index (χ2v) is 10.6. The summed E-state index contributed by atoms with van der Waals surface area (Å²) in [6, 6.07) is 5.59. The van der Waals surface area contributed by atoms with Gasteiger partial charge < -0.3 is 10.0 Å². The van der Waals surface area contributed by atoms with E-state index >= 15 is 0 Å². The van der Waals surface area contributed by atoms with E-state index < -0.39 is 34.0 Å². The fourth-order valence-corrected chi connectivity index (χ4v) is 6.08. The lowest BCUT2D eigenvalue weighted by atomic mass is 9.34. The largest absolute Gasteiger partial charge is 0.394 e. The summed E-state index contributed by atoms with van der Waals surface area (Å²) in [5.41, 5.74) is -3.42. The molecule has 7 rings (SSSR count). The van der Waals surface area contributed by atoms with Crippen molar-refractivity contribution >= 4 is 16.9 Å². The molecule has 0 unspecified atom stereocenters. The van der Waals surface area contributed by atoms with Gasteiger partial charge >= 0.3 is 6.18 Å². The Morgan fingerprint density at radius 3 is 2.33 bits per heavy atom. The molecule has 3 heterocycles. The topological polar surface area (TPSA) is 93.2 Å². The average molecular weight is 505 g/mol. The number of piperidine rings is 1. The van der Waals surface area contributed by atoms with E-state index in [-0.39, 0.29) is 63.0 Å². The molecule has 3 aromatic rings. The average Bonchev–Trinajstić information content (AvgIpc) is 3.18. The fourth-order valence-electron chi connectivity index (χ4n) is 6.08. The van der Waals surface area contributed by atoms with Crippen molar-refractivity contribution in [1.29, 1.82) is 0 Å². The number of benzene rings is 1. The van der Waals surface area contributed by atoms with Crippen LogP contribution in [0.5, 0.6) is 0 Å². The van der Waals surface area contributed by atoms with Gasteiger partial charge in [0.2, 0.25) is 5.91 Å². The lowest BCUT2D eigenvalue weighted by molar-refractivity contribution is -0.353. The molecule has 1 saturated heterocycles. The number of rotatable bonds is 4. The van der Waals surface area contributed by atoms with Crippen molar-refractivity contribution in [2.45, 2.75) is 50.4 Å². The summed E-state index contributed by atoms with van der Waals surface area (Å²) in [7, 11) is 0. The summed E-state index contributed by atoms with van der Waals surface area (Å²) in [6.45, 7) is 0.382. The molecule has 0 atom stereocenters. The maximum absolute atomic E-state index is 13.2. The maximum Gasteiger partial charge on any atom is 0.394 e. The van der Waals surface area contributed by atoms with E-state index in [0.29, 0.717) is 11.3 Å². The molecule has 4 fully saturated rings. The molecule has 3 saturated carbocycles. The lowest BCUT2D eigenvalue weighted by Crippen LogP contribution is -2.73. The van der Waals surface area contributed by atoms with Crippen molar-refractivity contribution in [3.05, 3.63) is 53.0 Å². The molecule has 12 heteroatoms. The standard InChI is InChI=1S/C24H23F4N5O3/c25-15-1-3-16(4-2-15)33-18-17(9-30-33)19(34)32(14-29-18)13-23(36)5-7-31(8-6-23)20(35)21-10-22(11-21,12-21)24(26,27)28/h1-4,9,14,36H,5-8,10-13H2. The first-order valence-electron chi connectivity index (χ1n) is 11.7. The Balaban J connectivity index is 1.13. The van der Waals surface area contributed by atoms with Gasteiger partial charge in [0.25, 0.3) is 5.56 Å². The molecule has 2 bridgehead atoms. The quantitative estimate of drug-likeness (QED) is 0.551. The Morgan fingerprint density at radius 2 is 1.72 bits per heavy atom.